The summed E-state index contributed by atoms with van der Waals surface area (Å²) in [5.74, 6) is 0.0843. The molecule has 142 valence electrons. The molecule has 2 aromatic rings. The van der Waals surface area contributed by atoms with Crippen molar-refractivity contribution >= 4 is 23.3 Å². The van der Waals surface area contributed by atoms with Crippen LogP contribution in [0, 0.1) is 10.1 Å². The van der Waals surface area contributed by atoms with Crippen molar-refractivity contribution in [2.24, 2.45) is 0 Å². The normalized spacial score (nSPS) is 14.1. The van der Waals surface area contributed by atoms with E-state index in [4.69, 9.17) is 0 Å². The summed E-state index contributed by atoms with van der Waals surface area (Å²) < 4.78 is 1.86. The number of non-ortho nitro benzene ring substituents is 1. The summed E-state index contributed by atoms with van der Waals surface area (Å²) in [6.07, 6.45) is 6.27. The molecule has 0 saturated heterocycles. The zero-order valence-corrected chi connectivity index (χ0v) is 14.8. The minimum atomic E-state index is -0.525. The molecular weight excluding hydrogens is 350 g/mol. The fraction of sp³-hybridized carbons (Fsp3) is 0.389. The number of nitrogens with zero attached hydrogens (tertiary/aromatic N) is 3. The van der Waals surface area contributed by atoms with E-state index in [2.05, 4.69) is 15.7 Å². The van der Waals surface area contributed by atoms with Crippen molar-refractivity contribution in [2.75, 3.05) is 11.9 Å². The number of nitro groups is 1. The number of amides is 2. The van der Waals surface area contributed by atoms with Crippen LogP contribution in [-0.4, -0.2) is 33.1 Å². The van der Waals surface area contributed by atoms with Crippen molar-refractivity contribution in [1.29, 1.82) is 0 Å². The molecule has 27 heavy (non-hydrogen) atoms. The highest BCUT2D eigenvalue weighted by Gasteiger charge is 2.20. The standard InChI is InChI=1S/C18H21N5O4/c24-17(21-16-9-12-20-22(16)14-3-1-2-4-14)10-11-19-18(25)13-5-7-15(8-6-13)23(26)27/h5-9,12,14H,1-4,10-11H2,(H,19,25)(H,21,24). The lowest BCUT2D eigenvalue weighted by Gasteiger charge is -2.14. The van der Waals surface area contributed by atoms with Crippen LogP contribution in [0.15, 0.2) is 36.5 Å². The second-order valence-electron chi connectivity index (χ2n) is 6.46. The highest BCUT2D eigenvalue weighted by Crippen LogP contribution is 2.31. The average Bonchev–Trinajstić information content (AvgIpc) is 3.33. The van der Waals surface area contributed by atoms with Crippen molar-refractivity contribution < 1.29 is 14.5 Å². The first-order valence-corrected chi connectivity index (χ1v) is 8.90. The molecule has 0 unspecified atom stereocenters. The van der Waals surface area contributed by atoms with Crippen LogP contribution in [0.1, 0.15) is 48.5 Å². The quantitative estimate of drug-likeness (QED) is 0.573. The van der Waals surface area contributed by atoms with Crippen LogP contribution in [0.2, 0.25) is 0 Å². The maximum Gasteiger partial charge on any atom is 0.269 e. The number of nitrogens with one attached hydrogen (secondary N) is 2. The lowest BCUT2D eigenvalue weighted by atomic mass is 10.2. The van der Waals surface area contributed by atoms with Crippen molar-refractivity contribution in [1.82, 2.24) is 15.1 Å². The summed E-state index contributed by atoms with van der Waals surface area (Å²) in [7, 11) is 0. The second-order valence-corrected chi connectivity index (χ2v) is 6.46. The first-order valence-electron chi connectivity index (χ1n) is 8.90. The van der Waals surface area contributed by atoms with E-state index in [-0.39, 0.29) is 30.5 Å². The van der Waals surface area contributed by atoms with Gasteiger partial charge in [0.1, 0.15) is 5.82 Å². The summed E-state index contributed by atoms with van der Waals surface area (Å²) in [5.41, 5.74) is 0.227. The van der Waals surface area contributed by atoms with Crippen LogP contribution < -0.4 is 10.6 Å². The monoisotopic (exact) mass is 371 g/mol. The smallest absolute Gasteiger partial charge is 0.269 e. The minimum absolute atomic E-state index is 0.0789. The summed E-state index contributed by atoms with van der Waals surface area (Å²) in [6.45, 7) is 0.166. The predicted octanol–water partition coefficient (Wildman–Crippen LogP) is 2.67. The fourth-order valence-electron chi connectivity index (χ4n) is 3.18. The minimum Gasteiger partial charge on any atom is -0.352 e. The first-order chi connectivity index (χ1) is 13.0. The summed E-state index contributed by atoms with van der Waals surface area (Å²) in [5, 5.41) is 20.4. The summed E-state index contributed by atoms with van der Waals surface area (Å²) in [4.78, 5) is 34.3. The largest absolute Gasteiger partial charge is 0.352 e. The number of hydrogen-bond donors (Lipinski definition) is 2. The third kappa shape index (κ3) is 4.69. The van der Waals surface area contributed by atoms with E-state index in [9.17, 15) is 19.7 Å². The van der Waals surface area contributed by atoms with Crippen LogP contribution in [0.25, 0.3) is 0 Å². The van der Waals surface area contributed by atoms with Gasteiger partial charge in [-0.15, -0.1) is 0 Å². The molecule has 0 bridgehead atoms. The number of benzene rings is 1. The zero-order chi connectivity index (χ0) is 19.2. The van der Waals surface area contributed by atoms with Crippen molar-refractivity contribution in [2.45, 2.75) is 38.1 Å². The number of hydrogen-bond acceptors (Lipinski definition) is 5. The molecule has 1 aromatic carbocycles. The van der Waals surface area contributed by atoms with Crippen LogP contribution >= 0.6 is 0 Å². The zero-order valence-electron chi connectivity index (χ0n) is 14.8. The Kier molecular flexibility index (Phi) is 5.80. The van der Waals surface area contributed by atoms with E-state index in [0.29, 0.717) is 17.4 Å². The molecule has 0 spiro atoms. The lowest BCUT2D eigenvalue weighted by Crippen LogP contribution is -2.28. The van der Waals surface area contributed by atoms with Gasteiger partial charge in [-0.1, -0.05) is 12.8 Å². The van der Waals surface area contributed by atoms with Crippen LogP contribution in [0.3, 0.4) is 0 Å². The van der Waals surface area contributed by atoms with Gasteiger partial charge in [0, 0.05) is 36.7 Å². The molecule has 0 radical (unpaired) electrons. The molecule has 1 fully saturated rings. The Hall–Kier alpha value is -3.23. The molecule has 2 N–H and O–H groups in total. The molecule has 1 aliphatic carbocycles. The van der Waals surface area contributed by atoms with E-state index >= 15 is 0 Å². The number of anilines is 1. The molecule has 2 amide bonds. The van der Waals surface area contributed by atoms with E-state index < -0.39 is 4.92 Å². The predicted molar refractivity (Wildman–Crippen MR) is 98.4 cm³/mol. The molecule has 1 aromatic heterocycles. The number of carbonyl (C=O) groups excluding carboxylic acids is 2. The maximum atomic E-state index is 12.1. The summed E-state index contributed by atoms with van der Waals surface area (Å²) in [6, 6.07) is 7.40. The molecule has 1 aliphatic rings. The molecule has 3 rings (SSSR count). The highest BCUT2D eigenvalue weighted by molar-refractivity contribution is 5.95. The van der Waals surface area contributed by atoms with E-state index in [1.54, 1.807) is 12.3 Å². The fourth-order valence-corrected chi connectivity index (χ4v) is 3.18. The third-order valence-electron chi connectivity index (χ3n) is 4.59. The van der Waals surface area contributed by atoms with Crippen molar-refractivity contribution in [3.63, 3.8) is 0 Å². The van der Waals surface area contributed by atoms with Gasteiger partial charge in [-0.3, -0.25) is 19.7 Å². The van der Waals surface area contributed by atoms with Gasteiger partial charge in [-0.2, -0.15) is 5.10 Å². The van der Waals surface area contributed by atoms with E-state index in [1.165, 1.54) is 37.1 Å². The van der Waals surface area contributed by atoms with Gasteiger partial charge in [0.05, 0.1) is 17.2 Å². The second kappa shape index (κ2) is 8.43. The molecule has 9 heteroatoms. The Balaban J connectivity index is 1.46. The third-order valence-corrected chi connectivity index (χ3v) is 4.59. The van der Waals surface area contributed by atoms with Crippen LogP contribution in [0.5, 0.6) is 0 Å². The Morgan fingerprint density at radius 2 is 1.89 bits per heavy atom. The van der Waals surface area contributed by atoms with Crippen LogP contribution in [0.4, 0.5) is 11.5 Å². The number of nitro benzene ring substituents is 1. The van der Waals surface area contributed by atoms with Gasteiger partial charge in [-0.25, -0.2) is 4.68 Å². The van der Waals surface area contributed by atoms with Gasteiger partial charge in [0.15, 0.2) is 0 Å². The van der Waals surface area contributed by atoms with E-state index in [0.717, 1.165) is 12.8 Å². The lowest BCUT2D eigenvalue weighted by molar-refractivity contribution is -0.384. The van der Waals surface area contributed by atoms with E-state index in [1.807, 2.05) is 4.68 Å². The SMILES string of the molecule is O=C(CCNC(=O)c1ccc([N+](=O)[O-])cc1)Nc1ccnn1C1CCCC1. The Morgan fingerprint density at radius 3 is 2.56 bits per heavy atom. The van der Waals surface area contributed by atoms with Gasteiger partial charge in [-0.05, 0) is 25.0 Å². The Bertz CT molecular complexity index is 825. The van der Waals surface area contributed by atoms with Crippen molar-refractivity contribution in [3.8, 4) is 0 Å². The number of aromatic nitrogens is 2. The average molecular weight is 371 g/mol. The maximum absolute atomic E-state index is 12.1. The first kappa shape index (κ1) is 18.6. The summed E-state index contributed by atoms with van der Waals surface area (Å²) >= 11 is 0. The number of carbonyl (C=O) groups is 2. The molecule has 0 aliphatic heterocycles. The molecule has 9 nitrogen and oxygen atoms in total. The van der Waals surface area contributed by atoms with Crippen LogP contribution in [-0.2, 0) is 4.79 Å². The van der Waals surface area contributed by atoms with Crippen molar-refractivity contribution in [3.05, 3.63) is 52.2 Å². The molecule has 1 saturated carbocycles. The Morgan fingerprint density at radius 1 is 1.19 bits per heavy atom. The highest BCUT2D eigenvalue weighted by atomic mass is 16.6. The molecular formula is C18H21N5O4. The number of rotatable bonds is 7. The molecule has 0 atom stereocenters. The van der Waals surface area contributed by atoms with Gasteiger partial charge in [0.25, 0.3) is 11.6 Å². The topological polar surface area (TPSA) is 119 Å². The van der Waals surface area contributed by atoms with Gasteiger partial charge in [0.2, 0.25) is 5.91 Å². The molecule has 1 heterocycles. The van der Waals surface area contributed by atoms with Gasteiger partial charge >= 0.3 is 0 Å². The Labute approximate surface area is 155 Å². The van der Waals surface area contributed by atoms with Gasteiger partial charge < -0.3 is 10.6 Å².